The Hall–Kier alpha value is -4.73. The number of amides is 3. The molecule has 3 N–H and O–H groups in total. The molecule has 1 atom stereocenters. The molecule has 0 saturated carbocycles. The molecular weight excluding hydrogens is 479 g/mol. The van der Waals surface area contributed by atoms with Crippen molar-refractivity contribution in [1.29, 1.82) is 0 Å². The summed E-state index contributed by atoms with van der Waals surface area (Å²) >= 11 is 0. The molecule has 1 aliphatic rings. The van der Waals surface area contributed by atoms with Crippen molar-refractivity contribution in [2.24, 2.45) is 0 Å². The second kappa shape index (κ2) is 11.3. The molecule has 2 aromatic carbocycles. The van der Waals surface area contributed by atoms with Crippen molar-refractivity contribution >= 4 is 29.7 Å². The van der Waals surface area contributed by atoms with E-state index < -0.39 is 18.0 Å². The quantitative estimate of drug-likeness (QED) is 0.408. The predicted molar refractivity (Wildman–Crippen MR) is 136 cm³/mol. The summed E-state index contributed by atoms with van der Waals surface area (Å²) in [5.74, 6) is -1.08. The maximum absolute atomic E-state index is 15.0. The van der Waals surface area contributed by atoms with Crippen LogP contribution in [0, 0.1) is 5.82 Å². The largest absolute Gasteiger partial charge is 0.442 e. The molecule has 1 unspecified atom stereocenters. The van der Waals surface area contributed by atoms with Gasteiger partial charge in [-0.2, -0.15) is 0 Å². The highest BCUT2D eigenvalue weighted by Crippen LogP contribution is 2.29. The van der Waals surface area contributed by atoms with Crippen molar-refractivity contribution in [3.05, 3.63) is 94.2 Å². The van der Waals surface area contributed by atoms with E-state index in [1.54, 1.807) is 48.5 Å². The third-order valence-corrected chi connectivity index (χ3v) is 5.71. The van der Waals surface area contributed by atoms with Gasteiger partial charge in [-0.1, -0.05) is 24.3 Å². The second-order valence-corrected chi connectivity index (χ2v) is 8.42. The van der Waals surface area contributed by atoms with Gasteiger partial charge in [0.1, 0.15) is 11.9 Å². The van der Waals surface area contributed by atoms with Crippen LogP contribution in [0.15, 0.2) is 71.7 Å². The lowest BCUT2D eigenvalue weighted by Crippen LogP contribution is -2.33. The van der Waals surface area contributed by atoms with Gasteiger partial charge in [-0.05, 0) is 47.5 Å². The van der Waals surface area contributed by atoms with Crippen molar-refractivity contribution in [3.8, 4) is 11.1 Å². The summed E-state index contributed by atoms with van der Waals surface area (Å²) in [4.78, 5) is 50.8. The standard InChI is InChI=1S/C27H25FN4O5/c1-17(33)30-15-22-16-32(27(36)37-22)21-9-10-23(24(28)13-21)19-6-4-18(5-7-19)14-31-25(34)11-8-20-3-2-12-29-26(20)35/h2-13,22H,14-16H2,1H3,(H,29,35)(H,30,33)(H,31,34)/b11-8+. The summed E-state index contributed by atoms with van der Waals surface area (Å²) in [6.45, 7) is 2.02. The number of H-pyrrole nitrogens is 1. The molecule has 1 fully saturated rings. The van der Waals surface area contributed by atoms with E-state index in [2.05, 4.69) is 15.6 Å². The van der Waals surface area contributed by atoms with E-state index in [1.807, 2.05) is 0 Å². The lowest BCUT2D eigenvalue weighted by Gasteiger charge is -2.15. The molecule has 1 aromatic heterocycles. The molecule has 0 aliphatic carbocycles. The van der Waals surface area contributed by atoms with Gasteiger partial charge in [0.2, 0.25) is 11.8 Å². The fraction of sp³-hybridized carbons (Fsp3) is 0.185. The fourth-order valence-corrected chi connectivity index (χ4v) is 3.78. The molecule has 3 aromatic rings. The van der Waals surface area contributed by atoms with Gasteiger partial charge in [-0.15, -0.1) is 0 Å². The lowest BCUT2D eigenvalue weighted by atomic mass is 10.0. The number of anilines is 1. The maximum atomic E-state index is 15.0. The topological polar surface area (TPSA) is 121 Å². The first-order chi connectivity index (χ1) is 17.8. The monoisotopic (exact) mass is 504 g/mol. The minimum Gasteiger partial charge on any atom is -0.442 e. The average molecular weight is 505 g/mol. The summed E-state index contributed by atoms with van der Waals surface area (Å²) < 4.78 is 20.2. The number of hydrogen-bond donors (Lipinski definition) is 3. The summed E-state index contributed by atoms with van der Waals surface area (Å²) in [5, 5.41) is 5.34. The molecule has 2 heterocycles. The van der Waals surface area contributed by atoms with Crippen molar-refractivity contribution in [2.45, 2.75) is 19.6 Å². The molecule has 37 heavy (non-hydrogen) atoms. The zero-order valence-corrected chi connectivity index (χ0v) is 20.0. The summed E-state index contributed by atoms with van der Waals surface area (Å²) in [6.07, 6.45) is 3.13. The molecule has 10 heteroatoms. The Morgan fingerprint density at radius 1 is 1.14 bits per heavy atom. The van der Waals surface area contributed by atoms with E-state index in [4.69, 9.17) is 4.74 Å². The molecule has 190 valence electrons. The van der Waals surface area contributed by atoms with Gasteiger partial charge >= 0.3 is 6.09 Å². The van der Waals surface area contributed by atoms with E-state index >= 15 is 0 Å². The molecule has 4 rings (SSSR count). The van der Waals surface area contributed by atoms with Crippen LogP contribution in [0.2, 0.25) is 0 Å². The van der Waals surface area contributed by atoms with Gasteiger partial charge in [0.05, 0.1) is 18.8 Å². The van der Waals surface area contributed by atoms with Crippen molar-refractivity contribution in [2.75, 3.05) is 18.0 Å². The summed E-state index contributed by atoms with van der Waals surface area (Å²) in [5.41, 5.74) is 2.26. The highest BCUT2D eigenvalue weighted by Gasteiger charge is 2.32. The molecule has 1 saturated heterocycles. The van der Waals surface area contributed by atoms with Crippen LogP contribution in [0.25, 0.3) is 17.2 Å². The van der Waals surface area contributed by atoms with Crippen molar-refractivity contribution in [3.63, 3.8) is 0 Å². The number of carbonyl (C=O) groups is 3. The predicted octanol–water partition coefficient (Wildman–Crippen LogP) is 2.97. The fourth-order valence-electron chi connectivity index (χ4n) is 3.78. The van der Waals surface area contributed by atoms with Crippen LogP contribution in [0.1, 0.15) is 18.1 Å². The first-order valence-corrected chi connectivity index (χ1v) is 11.6. The normalized spacial score (nSPS) is 15.0. The minimum atomic E-state index is -0.598. The van der Waals surface area contributed by atoms with Crippen LogP contribution < -0.4 is 21.1 Å². The summed E-state index contributed by atoms with van der Waals surface area (Å²) in [6, 6.07) is 14.8. The van der Waals surface area contributed by atoms with Gasteiger partial charge in [-0.25, -0.2) is 9.18 Å². The Bertz CT molecular complexity index is 1400. The van der Waals surface area contributed by atoms with Gasteiger partial charge in [0, 0.05) is 36.9 Å². The number of hydrogen-bond acceptors (Lipinski definition) is 5. The number of aromatic amines is 1. The number of halogens is 1. The smallest absolute Gasteiger partial charge is 0.414 e. The number of ether oxygens (including phenoxy) is 1. The van der Waals surface area contributed by atoms with Crippen molar-refractivity contribution in [1.82, 2.24) is 15.6 Å². The highest BCUT2D eigenvalue weighted by molar-refractivity contribution is 5.91. The highest BCUT2D eigenvalue weighted by atomic mass is 19.1. The molecule has 0 spiro atoms. The van der Waals surface area contributed by atoms with Gasteiger partial charge in [0.25, 0.3) is 5.56 Å². The number of aromatic nitrogens is 1. The van der Waals surface area contributed by atoms with E-state index in [0.717, 1.165) is 5.56 Å². The Morgan fingerprint density at radius 2 is 1.92 bits per heavy atom. The third kappa shape index (κ3) is 6.49. The molecule has 3 amide bonds. The van der Waals surface area contributed by atoms with Gasteiger partial charge < -0.3 is 20.4 Å². The first-order valence-electron chi connectivity index (χ1n) is 11.6. The Kier molecular flexibility index (Phi) is 7.77. The van der Waals surface area contributed by atoms with Crippen LogP contribution in [-0.2, 0) is 20.9 Å². The SMILES string of the molecule is CC(=O)NCC1CN(c2ccc(-c3ccc(CNC(=O)/C=C/c4ccc[nH]c4=O)cc3)c(F)c2)C(=O)O1. The van der Waals surface area contributed by atoms with Crippen LogP contribution in [0.5, 0.6) is 0 Å². The Morgan fingerprint density at radius 3 is 2.62 bits per heavy atom. The Labute approximate surface area is 212 Å². The van der Waals surface area contributed by atoms with E-state index in [0.29, 0.717) is 22.4 Å². The molecule has 1 aliphatic heterocycles. The zero-order chi connectivity index (χ0) is 26.4. The molecule has 0 bridgehead atoms. The van der Waals surface area contributed by atoms with E-state index in [1.165, 1.54) is 36.2 Å². The lowest BCUT2D eigenvalue weighted by molar-refractivity contribution is -0.119. The van der Waals surface area contributed by atoms with E-state index in [-0.39, 0.29) is 37.0 Å². The number of nitrogens with one attached hydrogen (secondary N) is 3. The van der Waals surface area contributed by atoms with Crippen LogP contribution >= 0.6 is 0 Å². The van der Waals surface area contributed by atoms with Crippen LogP contribution in [0.3, 0.4) is 0 Å². The van der Waals surface area contributed by atoms with Crippen LogP contribution in [0.4, 0.5) is 14.9 Å². The molecule has 9 nitrogen and oxygen atoms in total. The Balaban J connectivity index is 1.35. The summed E-state index contributed by atoms with van der Waals surface area (Å²) in [7, 11) is 0. The number of nitrogens with zero attached hydrogens (tertiary/aromatic N) is 1. The first kappa shape index (κ1) is 25.4. The average Bonchev–Trinajstić information content (AvgIpc) is 3.26. The number of benzene rings is 2. The zero-order valence-electron chi connectivity index (χ0n) is 20.0. The molecule has 0 radical (unpaired) electrons. The number of rotatable bonds is 8. The number of pyridine rings is 1. The van der Waals surface area contributed by atoms with Gasteiger partial charge in [-0.3, -0.25) is 19.3 Å². The number of carbonyl (C=O) groups excluding carboxylic acids is 3. The molecular formula is C27H25FN4O5. The minimum absolute atomic E-state index is 0.189. The second-order valence-electron chi connectivity index (χ2n) is 8.42. The number of cyclic esters (lactones) is 1. The maximum Gasteiger partial charge on any atom is 0.414 e. The van der Waals surface area contributed by atoms with Crippen LogP contribution in [-0.4, -0.2) is 42.1 Å². The third-order valence-electron chi connectivity index (χ3n) is 5.71. The van der Waals surface area contributed by atoms with E-state index in [9.17, 15) is 23.6 Å². The van der Waals surface area contributed by atoms with Gasteiger partial charge in [0.15, 0.2) is 0 Å². The van der Waals surface area contributed by atoms with Crippen molar-refractivity contribution < 1.29 is 23.5 Å².